The second-order valence-electron chi connectivity index (χ2n) is 6.75. The molecule has 3 nitrogen and oxygen atoms in total. The Balaban J connectivity index is 1.67. The third-order valence-electron chi connectivity index (χ3n) is 5.03. The topological polar surface area (TPSA) is 32.3 Å². The summed E-state index contributed by atoms with van der Waals surface area (Å²) in [5, 5.41) is 3.39. The zero-order valence-corrected chi connectivity index (χ0v) is 12.3. The van der Waals surface area contributed by atoms with Gasteiger partial charge in [-0.15, -0.1) is 0 Å². The maximum Gasteiger partial charge on any atom is 0.241 e. The summed E-state index contributed by atoms with van der Waals surface area (Å²) in [4.78, 5) is 14.7. The highest BCUT2D eigenvalue weighted by atomic mass is 19.1. The number of carbonyl (C=O) groups is 1. The van der Waals surface area contributed by atoms with Crippen molar-refractivity contribution < 1.29 is 9.18 Å². The van der Waals surface area contributed by atoms with Crippen LogP contribution in [0.2, 0.25) is 0 Å². The number of hydrogen-bond donors (Lipinski definition) is 1. The van der Waals surface area contributed by atoms with Crippen LogP contribution in [0.3, 0.4) is 0 Å². The van der Waals surface area contributed by atoms with E-state index >= 15 is 0 Å². The average Bonchev–Trinajstić information content (AvgIpc) is 3.36. The molecular formula is C17H21FN2O. The van der Waals surface area contributed by atoms with E-state index in [0.29, 0.717) is 17.9 Å². The molecule has 1 aromatic carbocycles. The monoisotopic (exact) mass is 288 g/mol. The van der Waals surface area contributed by atoms with Crippen molar-refractivity contribution in [1.82, 2.24) is 10.2 Å². The summed E-state index contributed by atoms with van der Waals surface area (Å²) in [7, 11) is 0. The Bertz CT molecular complexity index is 538. The van der Waals surface area contributed by atoms with Gasteiger partial charge in [-0.3, -0.25) is 10.1 Å². The Hall–Kier alpha value is -1.42. The first kappa shape index (κ1) is 13.3. The molecule has 21 heavy (non-hydrogen) atoms. The lowest BCUT2D eigenvalue weighted by atomic mass is 10.0. The first-order chi connectivity index (χ1) is 10.1. The average molecular weight is 288 g/mol. The molecule has 1 aliphatic heterocycles. The molecule has 2 unspecified atom stereocenters. The van der Waals surface area contributed by atoms with Crippen molar-refractivity contribution in [2.45, 2.75) is 50.9 Å². The van der Waals surface area contributed by atoms with Crippen LogP contribution < -0.4 is 5.32 Å². The van der Waals surface area contributed by atoms with Gasteiger partial charge in [0.15, 0.2) is 0 Å². The Kier molecular flexibility index (Phi) is 3.03. The molecule has 2 atom stereocenters. The number of benzene rings is 1. The molecule has 0 bridgehead atoms. The van der Waals surface area contributed by atoms with Gasteiger partial charge in [-0.25, -0.2) is 4.39 Å². The van der Waals surface area contributed by atoms with Gasteiger partial charge in [0.05, 0.1) is 6.04 Å². The van der Waals surface area contributed by atoms with E-state index in [0.717, 1.165) is 5.56 Å². The van der Waals surface area contributed by atoms with Gasteiger partial charge >= 0.3 is 0 Å². The van der Waals surface area contributed by atoms with Crippen molar-refractivity contribution in [3.8, 4) is 0 Å². The van der Waals surface area contributed by atoms with Crippen molar-refractivity contribution >= 4 is 5.91 Å². The SMILES string of the molecule is CC1NC(c2ccc(F)cc2)N(C(C2CC2)C2CC2)C1=O. The van der Waals surface area contributed by atoms with Crippen LogP contribution in [0, 0.1) is 17.7 Å². The number of rotatable bonds is 4. The van der Waals surface area contributed by atoms with Crippen LogP contribution in [0.25, 0.3) is 0 Å². The zero-order chi connectivity index (χ0) is 14.6. The molecule has 1 amide bonds. The second kappa shape index (κ2) is 4.80. The summed E-state index contributed by atoms with van der Waals surface area (Å²) in [6.45, 7) is 1.93. The summed E-state index contributed by atoms with van der Waals surface area (Å²) in [5.41, 5.74) is 0.986. The molecule has 2 aliphatic carbocycles. The predicted molar refractivity (Wildman–Crippen MR) is 77.8 cm³/mol. The number of nitrogens with one attached hydrogen (secondary N) is 1. The van der Waals surface area contributed by atoms with E-state index in [1.54, 1.807) is 12.1 Å². The van der Waals surface area contributed by atoms with Crippen LogP contribution in [-0.4, -0.2) is 22.9 Å². The standard InChI is InChI=1S/C17H21FN2O/c1-10-17(21)20(15(11-2-3-11)12-4-5-12)16(19-10)13-6-8-14(18)9-7-13/h6-12,15-16,19H,2-5H2,1H3. The largest absolute Gasteiger partial charge is 0.318 e. The third-order valence-corrected chi connectivity index (χ3v) is 5.03. The van der Waals surface area contributed by atoms with Crippen molar-refractivity contribution in [2.75, 3.05) is 0 Å². The van der Waals surface area contributed by atoms with E-state index in [1.165, 1.54) is 37.8 Å². The molecule has 112 valence electrons. The molecule has 2 saturated carbocycles. The van der Waals surface area contributed by atoms with E-state index in [-0.39, 0.29) is 23.9 Å². The number of nitrogens with zero attached hydrogens (tertiary/aromatic N) is 1. The maximum absolute atomic E-state index is 13.2. The van der Waals surface area contributed by atoms with Crippen molar-refractivity contribution in [1.29, 1.82) is 0 Å². The molecule has 4 rings (SSSR count). The Morgan fingerprint density at radius 3 is 2.24 bits per heavy atom. The molecule has 0 spiro atoms. The van der Waals surface area contributed by atoms with Gasteiger partial charge < -0.3 is 4.90 Å². The predicted octanol–water partition coefficient (Wildman–Crippen LogP) is 2.83. The Labute approximate surface area is 124 Å². The number of carbonyl (C=O) groups excluding carboxylic acids is 1. The lowest BCUT2D eigenvalue weighted by molar-refractivity contribution is -0.133. The zero-order valence-electron chi connectivity index (χ0n) is 12.3. The summed E-state index contributed by atoms with van der Waals surface area (Å²) >= 11 is 0. The van der Waals surface area contributed by atoms with Crippen LogP contribution in [0.4, 0.5) is 4.39 Å². The Morgan fingerprint density at radius 2 is 1.71 bits per heavy atom. The lowest BCUT2D eigenvalue weighted by Gasteiger charge is -2.33. The minimum atomic E-state index is -0.233. The van der Waals surface area contributed by atoms with E-state index in [2.05, 4.69) is 10.2 Å². The maximum atomic E-state index is 13.2. The van der Waals surface area contributed by atoms with E-state index in [4.69, 9.17) is 0 Å². The molecular weight excluding hydrogens is 267 g/mol. The van der Waals surface area contributed by atoms with Gasteiger partial charge in [0.25, 0.3) is 0 Å². The summed E-state index contributed by atoms with van der Waals surface area (Å²) < 4.78 is 13.2. The fourth-order valence-electron chi connectivity index (χ4n) is 3.67. The fourth-order valence-corrected chi connectivity index (χ4v) is 3.67. The highest BCUT2D eigenvalue weighted by molar-refractivity contribution is 5.84. The van der Waals surface area contributed by atoms with Gasteiger partial charge in [-0.05, 0) is 62.1 Å². The highest BCUT2D eigenvalue weighted by Gasteiger charge is 2.51. The van der Waals surface area contributed by atoms with Crippen molar-refractivity contribution in [3.05, 3.63) is 35.6 Å². The van der Waals surface area contributed by atoms with Crippen LogP contribution in [0.5, 0.6) is 0 Å². The quantitative estimate of drug-likeness (QED) is 0.924. The molecule has 3 fully saturated rings. The first-order valence-corrected chi connectivity index (χ1v) is 7.99. The minimum absolute atomic E-state index is 0.0979. The number of halogens is 1. The normalized spacial score (nSPS) is 29.5. The summed E-state index contributed by atoms with van der Waals surface area (Å²) in [6.07, 6.45) is 4.88. The molecule has 0 radical (unpaired) electrons. The van der Waals surface area contributed by atoms with Crippen LogP contribution in [0.1, 0.15) is 44.3 Å². The summed E-state index contributed by atoms with van der Waals surface area (Å²) in [5.74, 6) is 1.32. The molecule has 0 aromatic heterocycles. The number of hydrogen-bond acceptors (Lipinski definition) is 2. The Morgan fingerprint density at radius 1 is 1.14 bits per heavy atom. The van der Waals surface area contributed by atoms with E-state index in [9.17, 15) is 9.18 Å². The van der Waals surface area contributed by atoms with Gasteiger partial charge in [0.1, 0.15) is 12.0 Å². The third kappa shape index (κ3) is 2.35. The minimum Gasteiger partial charge on any atom is -0.318 e. The molecule has 4 heteroatoms. The molecule has 1 saturated heterocycles. The van der Waals surface area contributed by atoms with Gasteiger partial charge in [0, 0.05) is 6.04 Å². The van der Waals surface area contributed by atoms with Crippen LogP contribution in [0.15, 0.2) is 24.3 Å². The van der Waals surface area contributed by atoms with Crippen molar-refractivity contribution in [2.24, 2.45) is 11.8 Å². The lowest BCUT2D eigenvalue weighted by Crippen LogP contribution is -2.42. The van der Waals surface area contributed by atoms with Crippen molar-refractivity contribution in [3.63, 3.8) is 0 Å². The number of amides is 1. The highest BCUT2D eigenvalue weighted by Crippen LogP contribution is 2.49. The van der Waals surface area contributed by atoms with Crippen LogP contribution >= 0.6 is 0 Å². The van der Waals surface area contributed by atoms with Gasteiger partial charge in [-0.1, -0.05) is 12.1 Å². The molecule has 1 N–H and O–H groups in total. The fraction of sp³-hybridized carbons (Fsp3) is 0.588. The molecule has 1 aromatic rings. The second-order valence-corrected chi connectivity index (χ2v) is 6.75. The van der Waals surface area contributed by atoms with E-state index in [1.807, 2.05) is 6.92 Å². The summed E-state index contributed by atoms with van der Waals surface area (Å²) in [6, 6.07) is 6.77. The van der Waals surface area contributed by atoms with E-state index < -0.39 is 0 Å². The molecule has 3 aliphatic rings. The van der Waals surface area contributed by atoms with Gasteiger partial charge in [0.2, 0.25) is 5.91 Å². The first-order valence-electron chi connectivity index (χ1n) is 7.99. The smallest absolute Gasteiger partial charge is 0.241 e. The molecule has 1 heterocycles. The van der Waals surface area contributed by atoms with Gasteiger partial charge in [-0.2, -0.15) is 0 Å². The van der Waals surface area contributed by atoms with Crippen LogP contribution in [-0.2, 0) is 4.79 Å².